The maximum Gasteiger partial charge on any atom is 0.419 e. The van der Waals surface area contributed by atoms with Crippen molar-refractivity contribution >= 4 is 35.3 Å². The van der Waals surface area contributed by atoms with E-state index in [1.165, 1.54) is 18.3 Å². The van der Waals surface area contributed by atoms with Crippen molar-refractivity contribution in [2.45, 2.75) is 19.6 Å². The molecule has 1 aromatic heterocycles. The highest BCUT2D eigenvalue weighted by atomic mass is 32.1. The van der Waals surface area contributed by atoms with Gasteiger partial charge in [-0.3, -0.25) is 4.99 Å². The standard InChI is InChI=1S/C20H23F3N3OPS/c1-5-18(20(21,22)23)19(24-13-17-7-6-12-29-17)26-14(2)25-15-8-10-16(11-9-15)28(3,4)27/h5-12,25H,2,13H2,1,3-4H3,(H,24,26)/b18-5+. The zero-order valence-electron chi connectivity index (χ0n) is 16.4. The fourth-order valence-corrected chi connectivity index (χ4v) is 3.93. The minimum atomic E-state index is -4.55. The van der Waals surface area contributed by atoms with E-state index in [1.807, 2.05) is 17.5 Å². The zero-order chi connectivity index (χ0) is 21.7. The van der Waals surface area contributed by atoms with Crippen molar-refractivity contribution in [1.82, 2.24) is 5.32 Å². The van der Waals surface area contributed by atoms with E-state index < -0.39 is 18.9 Å². The SMILES string of the molecule is C=C(NC(=NCc1cccs1)/C(=C\C)C(F)(F)F)Nc1ccc(P(C)(C)=O)cc1. The molecule has 0 bridgehead atoms. The number of anilines is 1. The van der Waals surface area contributed by atoms with Crippen molar-refractivity contribution in [2.24, 2.45) is 4.99 Å². The zero-order valence-corrected chi connectivity index (χ0v) is 18.1. The van der Waals surface area contributed by atoms with Crippen molar-refractivity contribution in [3.8, 4) is 0 Å². The minimum Gasteiger partial charge on any atom is -0.342 e. The van der Waals surface area contributed by atoms with Gasteiger partial charge in [0.05, 0.1) is 12.1 Å². The molecule has 1 aromatic carbocycles. The molecule has 0 saturated carbocycles. The molecular formula is C20H23F3N3OPS. The first kappa shape index (κ1) is 23.0. The summed E-state index contributed by atoms with van der Waals surface area (Å²) in [6.07, 6.45) is -3.58. The van der Waals surface area contributed by atoms with Gasteiger partial charge in [0.1, 0.15) is 18.8 Å². The molecule has 0 saturated heterocycles. The van der Waals surface area contributed by atoms with E-state index in [9.17, 15) is 17.7 Å². The molecule has 0 spiro atoms. The fraction of sp³-hybridized carbons (Fsp3) is 0.250. The molecule has 0 atom stereocenters. The molecule has 0 aliphatic heterocycles. The van der Waals surface area contributed by atoms with E-state index >= 15 is 0 Å². The van der Waals surface area contributed by atoms with Crippen LogP contribution in [0.4, 0.5) is 18.9 Å². The third-order valence-electron chi connectivity index (χ3n) is 3.88. The number of amidine groups is 1. The Kier molecular flexibility index (Phi) is 7.49. The largest absolute Gasteiger partial charge is 0.419 e. The molecule has 1 heterocycles. The molecule has 2 rings (SSSR count). The van der Waals surface area contributed by atoms with E-state index in [0.717, 1.165) is 11.0 Å². The van der Waals surface area contributed by atoms with E-state index in [0.29, 0.717) is 11.0 Å². The summed E-state index contributed by atoms with van der Waals surface area (Å²) in [4.78, 5) is 4.97. The molecule has 2 aromatic rings. The van der Waals surface area contributed by atoms with Gasteiger partial charge in [0, 0.05) is 15.9 Å². The number of hydrogen-bond acceptors (Lipinski definition) is 4. The van der Waals surface area contributed by atoms with Crippen LogP contribution < -0.4 is 15.9 Å². The molecular weight excluding hydrogens is 418 g/mol. The van der Waals surface area contributed by atoms with Crippen molar-refractivity contribution in [3.63, 3.8) is 0 Å². The number of benzene rings is 1. The van der Waals surface area contributed by atoms with Gasteiger partial charge in [-0.15, -0.1) is 11.3 Å². The monoisotopic (exact) mass is 441 g/mol. The van der Waals surface area contributed by atoms with Gasteiger partial charge in [-0.2, -0.15) is 13.2 Å². The molecule has 9 heteroatoms. The van der Waals surface area contributed by atoms with Crippen LogP contribution in [-0.2, 0) is 11.1 Å². The normalized spacial score (nSPS) is 13.3. The van der Waals surface area contributed by atoms with E-state index in [4.69, 9.17) is 0 Å². The minimum absolute atomic E-state index is 0.123. The van der Waals surface area contributed by atoms with Crippen LogP contribution in [0.5, 0.6) is 0 Å². The van der Waals surface area contributed by atoms with Gasteiger partial charge in [0.25, 0.3) is 0 Å². The van der Waals surface area contributed by atoms with Gasteiger partial charge >= 0.3 is 6.18 Å². The maximum absolute atomic E-state index is 13.4. The van der Waals surface area contributed by atoms with Gasteiger partial charge in [-0.05, 0) is 56.0 Å². The van der Waals surface area contributed by atoms with Gasteiger partial charge in [0.15, 0.2) is 0 Å². The molecule has 2 N–H and O–H groups in total. The van der Waals surface area contributed by atoms with Crippen molar-refractivity contribution in [1.29, 1.82) is 0 Å². The van der Waals surface area contributed by atoms with Crippen LogP contribution >= 0.6 is 18.5 Å². The van der Waals surface area contributed by atoms with Gasteiger partial charge < -0.3 is 15.2 Å². The average molecular weight is 441 g/mol. The van der Waals surface area contributed by atoms with Crippen molar-refractivity contribution in [2.75, 3.05) is 18.6 Å². The Morgan fingerprint density at radius 1 is 1.24 bits per heavy atom. The first-order valence-electron chi connectivity index (χ1n) is 8.70. The van der Waals surface area contributed by atoms with Gasteiger partial charge in [-0.25, -0.2) is 0 Å². The lowest BCUT2D eigenvalue weighted by Crippen LogP contribution is -2.33. The van der Waals surface area contributed by atoms with Crippen LogP contribution in [0.1, 0.15) is 11.8 Å². The third-order valence-corrected chi connectivity index (χ3v) is 6.28. The molecule has 0 unspecified atom stereocenters. The topological polar surface area (TPSA) is 53.5 Å². The van der Waals surface area contributed by atoms with Crippen LogP contribution in [0.2, 0.25) is 0 Å². The van der Waals surface area contributed by atoms with Crippen LogP contribution in [0.15, 0.2) is 70.8 Å². The van der Waals surface area contributed by atoms with Crippen LogP contribution in [0.3, 0.4) is 0 Å². The number of halogens is 3. The van der Waals surface area contributed by atoms with E-state index in [1.54, 1.807) is 37.6 Å². The number of thiophene rings is 1. The molecule has 156 valence electrons. The van der Waals surface area contributed by atoms with Crippen molar-refractivity contribution in [3.05, 3.63) is 70.7 Å². The summed E-state index contributed by atoms with van der Waals surface area (Å²) in [5.41, 5.74) is -0.267. The highest BCUT2D eigenvalue weighted by Crippen LogP contribution is 2.34. The fourth-order valence-electron chi connectivity index (χ4n) is 2.44. The second kappa shape index (κ2) is 9.46. The number of rotatable bonds is 7. The Hall–Kier alpha value is -2.31. The lowest BCUT2D eigenvalue weighted by Gasteiger charge is -2.18. The number of alkyl halides is 3. The smallest absolute Gasteiger partial charge is 0.342 e. The first-order chi connectivity index (χ1) is 13.5. The van der Waals surface area contributed by atoms with Gasteiger partial charge in [0.2, 0.25) is 0 Å². The summed E-state index contributed by atoms with van der Waals surface area (Å²) in [7, 11) is -2.38. The summed E-state index contributed by atoms with van der Waals surface area (Å²) < 4.78 is 52.3. The molecule has 0 aliphatic carbocycles. The predicted molar refractivity (Wildman–Crippen MR) is 117 cm³/mol. The van der Waals surface area contributed by atoms with Crippen LogP contribution in [0, 0.1) is 0 Å². The van der Waals surface area contributed by atoms with E-state index in [2.05, 4.69) is 22.2 Å². The summed E-state index contributed by atoms with van der Waals surface area (Å²) in [6.45, 7) is 8.53. The summed E-state index contributed by atoms with van der Waals surface area (Å²) in [5, 5.41) is 8.10. The highest BCUT2D eigenvalue weighted by Gasteiger charge is 2.36. The summed E-state index contributed by atoms with van der Waals surface area (Å²) in [6, 6.07) is 10.5. The lowest BCUT2D eigenvalue weighted by molar-refractivity contribution is -0.0864. The molecule has 4 nitrogen and oxygen atoms in total. The second-order valence-electron chi connectivity index (χ2n) is 6.57. The number of nitrogens with zero attached hydrogens (tertiary/aromatic N) is 1. The Morgan fingerprint density at radius 2 is 1.90 bits per heavy atom. The Labute approximate surface area is 172 Å². The Balaban J connectivity index is 2.18. The van der Waals surface area contributed by atoms with Crippen LogP contribution in [0.25, 0.3) is 0 Å². The summed E-state index contributed by atoms with van der Waals surface area (Å²) in [5.74, 6) is -0.170. The Morgan fingerprint density at radius 3 is 2.38 bits per heavy atom. The van der Waals surface area contributed by atoms with E-state index in [-0.39, 0.29) is 18.2 Å². The molecule has 0 fully saturated rings. The maximum atomic E-state index is 13.4. The molecule has 29 heavy (non-hydrogen) atoms. The number of hydrogen-bond donors (Lipinski definition) is 2. The first-order valence-corrected chi connectivity index (χ1v) is 12.2. The predicted octanol–water partition coefficient (Wildman–Crippen LogP) is 5.58. The van der Waals surface area contributed by atoms with Crippen LogP contribution in [-0.4, -0.2) is 25.3 Å². The highest BCUT2D eigenvalue weighted by molar-refractivity contribution is 7.70. The van der Waals surface area contributed by atoms with Crippen molar-refractivity contribution < 1.29 is 17.7 Å². The molecule has 0 aliphatic rings. The third kappa shape index (κ3) is 6.91. The Bertz CT molecular complexity index is 942. The number of nitrogens with one attached hydrogen (secondary N) is 2. The van der Waals surface area contributed by atoms with Gasteiger partial charge in [-0.1, -0.05) is 18.7 Å². The molecule has 0 radical (unpaired) electrons. The molecule has 0 amide bonds. The second-order valence-corrected chi connectivity index (χ2v) is 10.8. The number of allylic oxidation sites excluding steroid dienone is 1. The average Bonchev–Trinajstić information content (AvgIpc) is 3.12. The summed E-state index contributed by atoms with van der Waals surface area (Å²) >= 11 is 1.42. The quantitative estimate of drug-likeness (QED) is 0.335. The number of aliphatic imine (C=N–C) groups is 1. The lowest BCUT2D eigenvalue weighted by atomic mass is 10.2.